The Labute approximate surface area is 116 Å². The summed E-state index contributed by atoms with van der Waals surface area (Å²) in [5.74, 6) is 0.514. The lowest BCUT2D eigenvalue weighted by Gasteiger charge is -2.08. The first kappa shape index (κ1) is 13.1. The Balaban J connectivity index is 2.15. The van der Waals surface area contributed by atoms with E-state index in [4.69, 9.17) is 23.2 Å². The first-order valence-electron chi connectivity index (χ1n) is 5.73. The molecule has 0 spiro atoms. The van der Waals surface area contributed by atoms with Gasteiger partial charge in [-0.25, -0.2) is 4.98 Å². The maximum atomic E-state index is 5.98. The largest absolute Gasteiger partial charge is 0.339 e. The summed E-state index contributed by atoms with van der Waals surface area (Å²) in [6.07, 6.45) is 3.70. The topological polar surface area (TPSA) is 37.8 Å². The second-order valence-corrected chi connectivity index (χ2v) is 4.65. The fraction of sp³-hybridized carbons (Fsp3) is 0.231. The Kier molecular flexibility index (Phi) is 4.39. The summed E-state index contributed by atoms with van der Waals surface area (Å²) in [5.41, 5.74) is 2.24. The van der Waals surface area contributed by atoms with Gasteiger partial charge in [0.2, 0.25) is 5.28 Å². The van der Waals surface area contributed by atoms with Crippen LogP contribution in [0.5, 0.6) is 0 Å². The summed E-state index contributed by atoms with van der Waals surface area (Å²) in [6.45, 7) is 2.16. The van der Waals surface area contributed by atoms with Gasteiger partial charge in [-0.15, -0.1) is 0 Å². The zero-order valence-corrected chi connectivity index (χ0v) is 11.5. The summed E-state index contributed by atoms with van der Waals surface area (Å²) in [5, 5.41) is 3.73. The van der Waals surface area contributed by atoms with Gasteiger partial charge in [0.1, 0.15) is 5.02 Å². The maximum Gasteiger partial charge on any atom is 0.224 e. The quantitative estimate of drug-likeness (QED) is 0.840. The predicted octanol–water partition coefficient (Wildman–Crippen LogP) is 4.48. The van der Waals surface area contributed by atoms with Crippen LogP contribution in [0.1, 0.15) is 18.9 Å². The second-order valence-electron chi connectivity index (χ2n) is 3.91. The molecule has 0 atom stereocenters. The third kappa shape index (κ3) is 3.34. The van der Waals surface area contributed by atoms with Crippen LogP contribution in [0.2, 0.25) is 10.3 Å². The summed E-state index contributed by atoms with van der Waals surface area (Å²) in [4.78, 5) is 7.84. The SMILES string of the molecule is CCCc1ccc(Nc2nc(Cl)ncc2Cl)cc1. The molecule has 94 valence electrons. The molecule has 0 saturated carbocycles. The van der Waals surface area contributed by atoms with Crippen molar-refractivity contribution in [2.75, 3.05) is 5.32 Å². The van der Waals surface area contributed by atoms with Gasteiger partial charge in [0.15, 0.2) is 5.82 Å². The summed E-state index contributed by atoms with van der Waals surface area (Å²) >= 11 is 11.7. The molecule has 1 heterocycles. The van der Waals surface area contributed by atoms with Crippen molar-refractivity contribution in [1.29, 1.82) is 0 Å². The fourth-order valence-corrected chi connectivity index (χ4v) is 1.89. The standard InChI is InChI=1S/C13H13Cl2N3/c1-2-3-9-4-6-10(7-5-9)17-12-11(14)8-16-13(15)18-12/h4-8H,2-3H2,1H3,(H,16,17,18). The molecule has 0 radical (unpaired) electrons. The van der Waals surface area contributed by atoms with E-state index in [9.17, 15) is 0 Å². The van der Waals surface area contributed by atoms with Gasteiger partial charge >= 0.3 is 0 Å². The highest BCUT2D eigenvalue weighted by Crippen LogP contribution is 2.23. The Bertz CT molecular complexity index is 526. The number of halogens is 2. The molecule has 2 rings (SSSR count). The van der Waals surface area contributed by atoms with Crippen molar-refractivity contribution in [3.63, 3.8) is 0 Å². The third-order valence-corrected chi connectivity index (χ3v) is 2.93. The van der Waals surface area contributed by atoms with E-state index in [1.807, 2.05) is 12.1 Å². The number of benzene rings is 1. The minimum atomic E-state index is 0.171. The average Bonchev–Trinajstić information content (AvgIpc) is 2.37. The lowest BCUT2D eigenvalue weighted by Crippen LogP contribution is -1.96. The van der Waals surface area contributed by atoms with Crippen LogP contribution in [0.3, 0.4) is 0 Å². The minimum absolute atomic E-state index is 0.171. The van der Waals surface area contributed by atoms with E-state index in [0.717, 1.165) is 18.5 Å². The molecule has 2 aromatic rings. The van der Waals surface area contributed by atoms with E-state index in [2.05, 4.69) is 34.3 Å². The van der Waals surface area contributed by atoms with Crippen molar-refractivity contribution >= 4 is 34.7 Å². The molecule has 5 heteroatoms. The van der Waals surface area contributed by atoms with Crippen LogP contribution in [0.15, 0.2) is 30.5 Å². The lowest BCUT2D eigenvalue weighted by atomic mass is 10.1. The van der Waals surface area contributed by atoms with Crippen molar-refractivity contribution in [2.24, 2.45) is 0 Å². The first-order chi connectivity index (χ1) is 8.69. The molecule has 18 heavy (non-hydrogen) atoms. The van der Waals surface area contributed by atoms with Crippen LogP contribution in [-0.4, -0.2) is 9.97 Å². The van der Waals surface area contributed by atoms with Crippen molar-refractivity contribution < 1.29 is 0 Å². The van der Waals surface area contributed by atoms with Crippen LogP contribution < -0.4 is 5.32 Å². The summed E-state index contributed by atoms with van der Waals surface area (Å²) < 4.78 is 0. The molecule has 1 aromatic carbocycles. The molecule has 0 unspecified atom stereocenters. The van der Waals surface area contributed by atoms with Crippen LogP contribution in [0, 0.1) is 0 Å². The number of hydrogen-bond acceptors (Lipinski definition) is 3. The van der Waals surface area contributed by atoms with Gasteiger partial charge in [-0.3, -0.25) is 0 Å². The van der Waals surface area contributed by atoms with Crippen LogP contribution in [0.25, 0.3) is 0 Å². The van der Waals surface area contributed by atoms with Crippen molar-refractivity contribution in [3.05, 3.63) is 46.3 Å². The van der Waals surface area contributed by atoms with E-state index in [0.29, 0.717) is 10.8 Å². The number of nitrogens with zero attached hydrogens (tertiary/aromatic N) is 2. The highest BCUT2D eigenvalue weighted by atomic mass is 35.5. The predicted molar refractivity (Wildman–Crippen MR) is 75.8 cm³/mol. The summed E-state index contributed by atoms with van der Waals surface area (Å²) in [7, 11) is 0. The number of aromatic nitrogens is 2. The Morgan fingerprint density at radius 1 is 1.17 bits per heavy atom. The van der Waals surface area contributed by atoms with Crippen LogP contribution >= 0.6 is 23.2 Å². The molecule has 0 saturated heterocycles. The van der Waals surface area contributed by atoms with Gasteiger partial charge < -0.3 is 5.32 Å². The van der Waals surface area contributed by atoms with Gasteiger partial charge in [-0.2, -0.15) is 4.98 Å². The van der Waals surface area contributed by atoms with Gasteiger partial charge in [-0.05, 0) is 35.7 Å². The molecular weight excluding hydrogens is 269 g/mol. The molecule has 1 aromatic heterocycles. The number of aryl methyl sites for hydroxylation is 1. The highest BCUT2D eigenvalue weighted by molar-refractivity contribution is 6.33. The maximum absolute atomic E-state index is 5.98. The van der Waals surface area contributed by atoms with Crippen molar-refractivity contribution in [2.45, 2.75) is 19.8 Å². The zero-order chi connectivity index (χ0) is 13.0. The molecule has 0 aliphatic carbocycles. The highest BCUT2D eigenvalue weighted by Gasteiger charge is 2.04. The molecule has 0 aliphatic rings. The number of rotatable bonds is 4. The molecule has 3 nitrogen and oxygen atoms in total. The number of hydrogen-bond donors (Lipinski definition) is 1. The second kappa shape index (κ2) is 6.03. The molecular formula is C13H13Cl2N3. The van der Waals surface area contributed by atoms with E-state index < -0.39 is 0 Å². The normalized spacial score (nSPS) is 10.4. The smallest absolute Gasteiger partial charge is 0.224 e. The Morgan fingerprint density at radius 2 is 1.89 bits per heavy atom. The van der Waals surface area contributed by atoms with Gasteiger partial charge in [0.05, 0.1) is 6.20 Å². The molecule has 0 aliphatic heterocycles. The van der Waals surface area contributed by atoms with Crippen molar-refractivity contribution in [1.82, 2.24) is 9.97 Å². The average molecular weight is 282 g/mol. The van der Waals surface area contributed by atoms with Crippen LogP contribution in [-0.2, 0) is 6.42 Å². The third-order valence-electron chi connectivity index (χ3n) is 2.47. The molecule has 1 N–H and O–H groups in total. The van der Waals surface area contributed by atoms with E-state index in [-0.39, 0.29) is 5.28 Å². The Hall–Kier alpha value is -1.32. The van der Waals surface area contributed by atoms with Gasteiger partial charge in [0.25, 0.3) is 0 Å². The van der Waals surface area contributed by atoms with Gasteiger partial charge in [-0.1, -0.05) is 37.1 Å². The van der Waals surface area contributed by atoms with E-state index >= 15 is 0 Å². The van der Waals surface area contributed by atoms with Gasteiger partial charge in [0, 0.05) is 5.69 Å². The zero-order valence-electron chi connectivity index (χ0n) is 9.95. The summed E-state index contributed by atoms with van der Waals surface area (Å²) in [6, 6.07) is 8.17. The monoisotopic (exact) mass is 281 g/mol. The molecule has 0 amide bonds. The molecule has 0 fully saturated rings. The number of nitrogens with one attached hydrogen (secondary N) is 1. The first-order valence-corrected chi connectivity index (χ1v) is 6.48. The lowest BCUT2D eigenvalue weighted by molar-refractivity contribution is 0.922. The fourth-order valence-electron chi connectivity index (χ4n) is 1.61. The molecule has 0 bridgehead atoms. The van der Waals surface area contributed by atoms with E-state index in [1.54, 1.807) is 0 Å². The minimum Gasteiger partial charge on any atom is -0.339 e. The van der Waals surface area contributed by atoms with E-state index in [1.165, 1.54) is 11.8 Å². The van der Waals surface area contributed by atoms with Crippen LogP contribution in [0.4, 0.5) is 11.5 Å². The number of anilines is 2. The Morgan fingerprint density at radius 3 is 2.56 bits per heavy atom. The van der Waals surface area contributed by atoms with Crippen molar-refractivity contribution in [3.8, 4) is 0 Å².